The molecule has 0 amide bonds. The Morgan fingerprint density at radius 3 is 2.25 bits per heavy atom. The van der Waals surface area contributed by atoms with E-state index >= 15 is 0 Å². The second-order valence-electron chi connectivity index (χ2n) is 4.66. The molecule has 0 bridgehead atoms. The first kappa shape index (κ1) is 12.8. The van der Waals surface area contributed by atoms with E-state index in [1.165, 1.54) is 12.2 Å². The summed E-state index contributed by atoms with van der Waals surface area (Å²) in [5.41, 5.74) is 2.95. The molecule has 0 saturated carbocycles. The zero-order chi connectivity index (χ0) is 13.9. The van der Waals surface area contributed by atoms with Crippen LogP contribution in [0.15, 0.2) is 66.7 Å². The normalized spacial score (nSPS) is 21.9. The molecule has 0 spiro atoms. The highest BCUT2D eigenvalue weighted by atomic mass is 16.6. The summed E-state index contributed by atoms with van der Waals surface area (Å²) in [6.45, 7) is 0. The van der Waals surface area contributed by atoms with E-state index in [0.717, 1.165) is 16.7 Å². The molecule has 3 nitrogen and oxygen atoms in total. The van der Waals surface area contributed by atoms with Gasteiger partial charge in [0.15, 0.2) is 12.1 Å². The van der Waals surface area contributed by atoms with E-state index in [4.69, 9.17) is 4.74 Å². The topological polar surface area (TPSA) is 46.5 Å². The first-order chi connectivity index (χ1) is 9.74. The van der Waals surface area contributed by atoms with Crippen molar-refractivity contribution in [1.29, 1.82) is 0 Å². The van der Waals surface area contributed by atoms with Gasteiger partial charge in [-0.15, -0.1) is 0 Å². The molecule has 2 aromatic carbocycles. The number of carbonyl (C=O) groups is 1. The molecule has 2 aromatic rings. The average Bonchev–Trinajstić information content (AvgIpc) is 2.51. The average molecular weight is 266 g/mol. The number of aliphatic hydroxyl groups excluding tert-OH is 1. The number of ether oxygens (including phenoxy) is 1. The number of ketones is 1. The van der Waals surface area contributed by atoms with Gasteiger partial charge in [-0.2, -0.15) is 0 Å². The summed E-state index contributed by atoms with van der Waals surface area (Å²) >= 11 is 0. The highest BCUT2D eigenvalue weighted by Gasteiger charge is 2.25. The van der Waals surface area contributed by atoms with E-state index < -0.39 is 12.4 Å². The molecule has 3 rings (SSSR count). The van der Waals surface area contributed by atoms with Crippen LogP contribution in [-0.4, -0.2) is 17.2 Å². The summed E-state index contributed by atoms with van der Waals surface area (Å²) in [6.07, 6.45) is 0.965. The fourth-order valence-electron chi connectivity index (χ4n) is 2.24. The Morgan fingerprint density at radius 2 is 1.55 bits per heavy atom. The molecule has 0 radical (unpaired) electrons. The van der Waals surface area contributed by atoms with Crippen LogP contribution in [0, 0.1) is 0 Å². The third-order valence-corrected chi connectivity index (χ3v) is 3.28. The summed E-state index contributed by atoms with van der Waals surface area (Å²) in [7, 11) is 0. The molecule has 1 N–H and O–H groups in total. The molecule has 2 atom stereocenters. The van der Waals surface area contributed by atoms with Crippen LogP contribution in [-0.2, 0) is 9.53 Å². The number of rotatable bonds is 2. The molecule has 3 heteroatoms. The van der Waals surface area contributed by atoms with E-state index in [1.54, 1.807) is 0 Å². The predicted molar refractivity (Wildman–Crippen MR) is 75.9 cm³/mol. The Bertz CT molecular complexity index is 629. The van der Waals surface area contributed by atoms with Crippen molar-refractivity contribution in [3.05, 3.63) is 72.3 Å². The highest BCUT2D eigenvalue weighted by molar-refractivity contribution is 5.95. The van der Waals surface area contributed by atoms with Gasteiger partial charge in [0.2, 0.25) is 0 Å². The largest absolute Gasteiger partial charge is 0.365 e. The summed E-state index contributed by atoms with van der Waals surface area (Å²) in [5.74, 6) is -0.150. The second-order valence-corrected chi connectivity index (χ2v) is 4.66. The maximum atomic E-state index is 11.8. The molecule has 20 heavy (non-hydrogen) atoms. The van der Waals surface area contributed by atoms with Crippen LogP contribution in [0.4, 0.5) is 0 Å². The standard InChI is InChI=1S/C17H14O3/c18-15-10-11-16(19)20-17(15)14-8-6-13(7-9-14)12-4-2-1-3-5-12/h1-11,16-17,19H/t16-,17-/m1/s1. The molecule has 0 saturated heterocycles. The van der Waals surface area contributed by atoms with Crippen molar-refractivity contribution in [1.82, 2.24) is 0 Å². The second kappa shape index (κ2) is 5.41. The molecule has 0 aromatic heterocycles. The van der Waals surface area contributed by atoms with Gasteiger partial charge in [0.05, 0.1) is 0 Å². The Kier molecular flexibility index (Phi) is 3.46. The third-order valence-electron chi connectivity index (χ3n) is 3.28. The van der Waals surface area contributed by atoms with Gasteiger partial charge in [0.25, 0.3) is 0 Å². The van der Waals surface area contributed by atoms with Crippen LogP contribution in [0.25, 0.3) is 11.1 Å². The van der Waals surface area contributed by atoms with Crippen LogP contribution in [0.3, 0.4) is 0 Å². The van der Waals surface area contributed by atoms with Crippen molar-refractivity contribution >= 4 is 5.78 Å². The summed E-state index contributed by atoms with van der Waals surface area (Å²) in [6, 6.07) is 17.6. The predicted octanol–water partition coefficient (Wildman–Crippen LogP) is 2.87. The number of carbonyl (C=O) groups excluding carboxylic acids is 1. The Hall–Kier alpha value is -2.23. The van der Waals surface area contributed by atoms with Crippen LogP contribution < -0.4 is 0 Å². The van der Waals surface area contributed by atoms with E-state index in [1.807, 2.05) is 54.6 Å². The lowest BCUT2D eigenvalue weighted by Gasteiger charge is -2.21. The monoisotopic (exact) mass is 266 g/mol. The van der Waals surface area contributed by atoms with E-state index in [2.05, 4.69) is 0 Å². The summed E-state index contributed by atoms with van der Waals surface area (Å²) in [5, 5.41) is 9.43. The van der Waals surface area contributed by atoms with Gasteiger partial charge >= 0.3 is 0 Å². The Balaban J connectivity index is 1.87. The van der Waals surface area contributed by atoms with Crippen molar-refractivity contribution in [3.63, 3.8) is 0 Å². The molecule has 0 unspecified atom stereocenters. The third kappa shape index (κ3) is 2.54. The zero-order valence-electron chi connectivity index (χ0n) is 10.8. The number of hydrogen-bond acceptors (Lipinski definition) is 3. The number of aliphatic hydroxyl groups is 1. The molecule has 1 aliphatic rings. The van der Waals surface area contributed by atoms with Gasteiger partial charge in [0.1, 0.15) is 6.10 Å². The first-order valence-electron chi connectivity index (χ1n) is 6.45. The Labute approximate surface area is 117 Å². The Morgan fingerprint density at radius 1 is 0.900 bits per heavy atom. The van der Waals surface area contributed by atoms with E-state index in [9.17, 15) is 9.90 Å². The van der Waals surface area contributed by atoms with Crippen molar-refractivity contribution in [2.24, 2.45) is 0 Å². The molecule has 0 aliphatic carbocycles. The smallest absolute Gasteiger partial charge is 0.188 e. The minimum atomic E-state index is -1.02. The lowest BCUT2D eigenvalue weighted by molar-refractivity contribution is -0.149. The van der Waals surface area contributed by atoms with Crippen molar-refractivity contribution in [2.75, 3.05) is 0 Å². The SMILES string of the molecule is O=C1C=C[C@H](O)O[C@@H]1c1ccc(-c2ccccc2)cc1. The van der Waals surface area contributed by atoms with Gasteiger partial charge in [-0.3, -0.25) is 4.79 Å². The van der Waals surface area contributed by atoms with E-state index in [0.29, 0.717) is 0 Å². The highest BCUT2D eigenvalue weighted by Crippen LogP contribution is 2.27. The molecule has 1 aliphatic heterocycles. The number of hydrogen-bond donors (Lipinski definition) is 1. The van der Waals surface area contributed by atoms with Crippen LogP contribution in [0.5, 0.6) is 0 Å². The first-order valence-corrected chi connectivity index (χ1v) is 6.45. The van der Waals surface area contributed by atoms with Gasteiger partial charge in [-0.05, 0) is 28.8 Å². The van der Waals surface area contributed by atoms with Crippen molar-refractivity contribution in [2.45, 2.75) is 12.4 Å². The molecular formula is C17H14O3. The maximum Gasteiger partial charge on any atom is 0.188 e. The molecule has 1 heterocycles. The van der Waals surface area contributed by atoms with Gasteiger partial charge < -0.3 is 9.84 Å². The fraction of sp³-hybridized carbons (Fsp3) is 0.118. The lowest BCUT2D eigenvalue weighted by atomic mass is 9.99. The number of benzene rings is 2. The van der Waals surface area contributed by atoms with Crippen LogP contribution in [0.2, 0.25) is 0 Å². The van der Waals surface area contributed by atoms with Crippen molar-refractivity contribution in [3.8, 4) is 11.1 Å². The molecule has 100 valence electrons. The summed E-state index contributed by atoms with van der Waals surface area (Å²) < 4.78 is 5.25. The van der Waals surface area contributed by atoms with Gasteiger partial charge in [-0.25, -0.2) is 0 Å². The van der Waals surface area contributed by atoms with Crippen molar-refractivity contribution < 1.29 is 14.6 Å². The van der Waals surface area contributed by atoms with Crippen LogP contribution >= 0.6 is 0 Å². The maximum absolute atomic E-state index is 11.8. The summed E-state index contributed by atoms with van der Waals surface area (Å²) in [4.78, 5) is 11.8. The van der Waals surface area contributed by atoms with Gasteiger partial charge in [-0.1, -0.05) is 54.6 Å². The van der Waals surface area contributed by atoms with Crippen LogP contribution in [0.1, 0.15) is 11.7 Å². The lowest BCUT2D eigenvalue weighted by Crippen LogP contribution is -2.24. The minimum Gasteiger partial charge on any atom is -0.365 e. The zero-order valence-corrected chi connectivity index (χ0v) is 10.8. The minimum absolute atomic E-state index is 0.150. The van der Waals surface area contributed by atoms with E-state index in [-0.39, 0.29) is 5.78 Å². The fourth-order valence-corrected chi connectivity index (χ4v) is 2.24. The molecule has 0 fully saturated rings. The van der Waals surface area contributed by atoms with Gasteiger partial charge in [0, 0.05) is 0 Å². The quantitative estimate of drug-likeness (QED) is 0.909. The molecular weight excluding hydrogens is 252 g/mol.